The molecule has 0 aliphatic carbocycles. The molecule has 3 unspecified atom stereocenters. The van der Waals surface area contributed by atoms with Gasteiger partial charge in [0.25, 0.3) is 0 Å². The van der Waals surface area contributed by atoms with Crippen LogP contribution in [0, 0.1) is 17.8 Å². The zero-order chi connectivity index (χ0) is 19.2. The van der Waals surface area contributed by atoms with Gasteiger partial charge in [-0.3, -0.25) is 9.78 Å². The number of likely N-dealkylation sites (tertiary alicyclic amines) is 1. The molecule has 4 heterocycles. The maximum Gasteiger partial charge on any atom is 0.228 e. The number of fused-ring (bicyclic) bond motifs is 1. The lowest BCUT2D eigenvalue weighted by atomic mass is 10.0. The van der Waals surface area contributed by atoms with Gasteiger partial charge in [-0.05, 0) is 25.5 Å². The van der Waals surface area contributed by atoms with Crippen molar-refractivity contribution in [3.8, 4) is 0 Å². The summed E-state index contributed by atoms with van der Waals surface area (Å²) in [6.07, 6.45) is 4.23. The number of sulfonamides is 1. The van der Waals surface area contributed by atoms with E-state index in [1.807, 2.05) is 36.4 Å². The Morgan fingerprint density at radius 1 is 1.11 bits per heavy atom. The van der Waals surface area contributed by atoms with Gasteiger partial charge < -0.3 is 9.80 Å². The van der Waals surface area contributed by atoms with Gasteiger partial charge in [-0.1, -0.05) is 6.92 Å². The van der Waals surface area contributed by atoms with Crippen LogP contribution in [0.5, 0.6) is 0 Å². The number of carbonyl (C=O) groups is 1. The summed E-state index contributed by atoms with van der Waals surface area (Å²) < 4.78 is 26.2. The molecule has 0 N–H and O–H groups in total. The number of nitrogens with zero attached hydrogens (tertiary/aromatic N) is 4. The van der Waals surface area contributed by atoms with E-state index in [9.17, 15) is 13.2 Å². The molecule has 8 heteroatoms. The van der Waals surface area contributed by atoms with E-state index in [0.717, 1.165) is 26.2 Å². The maximum atomic E-state index is 12.8. The molecule has 3 saturated heterocycles. The lowest BCUT2D eigenvalue weighted by molar-refractivity contribution is -0.138. The van der Waals surface area contributed by atoms with Crippen LogP contribution in [-0.2, 0) is 14.8 Å². The number of carbonyl (C=O) groups excluding carboxylic acids is 1. The molecule has 0 spiro atoms. The van der Waals surface area contributed by atoms with Gasteiger partial charge in [0.1, 0.15) is 0 Å². The maximum absolute atomic E-state index is 12.8. The van der Waals surface area contributed by atoms with Gasteiger partial charge in [0.05, 0.1) is 11.2 Å². The molecule has 0 aromatic carbocycles. The first-order valence-electron chi connectivity index (χ1n) is 9.82. The summed E-state index contributed by atoms with van der Waals surface area (Å²) in [4.78, 5) is 21.2. The van der Waals surface area contributed by atoms with Crippen LogP contribution in [0.15, 0.2) is 24.5 Å². The van der Waals surface area contributed by atoms with Gasteiger partial charge >= 0.3 is 0 Å². The molecule has 7 nitrogen and oxygen atoms in total. The van der Waals surface area contributed by atoms with E-state index in [2.05, 4.69) is 9.88 Å². The average molecular weight is 393 g/mol. The molecule has 1 aromatic heterocycles. The summed E-state index contributed by atoms with van der Waals surface area (Å²) in [6.45, 7) is 7.83. The van der Waals surface area contributed by atoms with Gasteiger partial charge in [0.2, 0.25) is 15.9 Å². The van der Waals surface area contributed by atoms with Crippen LogP contribution in [0.3, 0.4) is 0 Å². The van der Waals surface area contributed by atoms with Crippen LogP contribution in [0.25, 0.3) is 0 Å². The monoisotopic (exact) mass is 392 g/mol. The van der Waals surface area contributed by atoms with E-state index in [0.29, 0.717) is 31.3 Å². The predicted octanol–water partition coefficient (Wildman–Crippen LogP) is 1.04. The van der Waals surface area contributed by atoms with Crippen molar-refractivity contribution in [1.82, 2.24) is 14.2 Å². The standard InChI is InChI=1S/C19H28N4O3S/c1-3-14(2)27(25,26)23-12-17(13-23)19(24)22-10-15-8-21(9-16(15)11-22)18-4-6-20-7-5-18/h4-7,14-17H,3,8-13H2,1-2H3. The Morgan fingerprint density at radius 3 is 2.26 bits per heavy atom. The fraction of sp³-hybridized carbons (Fsp3) is 0.684. The molecule has 148 valence electrons. The third kappa shape index (κ3) is 3.33. The van der Waals surface area contributed by atoms with Crippen LogP contribution in [0.2, 0.25) is 0 Å². The van der Waals surface area contributed by atoms with Crippen LogP contribution in [0.1, 0.15) is 20.3 Å². The van der Waals surface area contributed by atoms with Gasteiger partial charge in [0.15, 0.2) is 0 Å². The number of rotatable bonds is 5. The molecule has 1 aromatic rings. The van der Waals surface area contributed by atoms with E-state index in [-0.39, 0.29) is 17.1 Å². The summed E-state index contributed by atoms with van der Waals surface area (Å²) in [7, 11) is -3.24. The van der Waals surface area contributed by atoms with Gasteiger partial charge in [-0.15, -0.1) is 0 Å². The Morgan fingerprint density at radius 2 is 1.70 bits per heavy atom. The number of amides is 1. The lowest BCUT2D eigenvalue weighted by Crippen LogP contribution is -2.57. The van der Waals surface area contributed by atoms with E-state index >= 15 is 0 Å². The van der Waals surface area contributed by atoms with Gasteiger partial charge in [-0.2, -0.15) is 4.31 Å². The Labute approximate surface area is 161 Å². The molecule has 1 amide bonds. The van der Waals surface area contributed by atoms with Crippen LogP contribution in [-0.4, -0.2) is 73.0 Å². The smallest absolute Gasteiger partial charge is 0.228 e. The van der Waals surface area contributed by atoms with E-state index < -0.39 is 10.0 Å². The molecular weight excluding hydrogens is 364 g/mol. The molecule has 3 atom stereocenters. The van der Waals surface area contributed by atoms with Crippen molar-refractivity contribution in [3.63, 3.8) is 0 Å². The first-order valence-corrected chi connectivity index (χ1v) is 11.3. The third-order valence-corrected chi connectivity index (χ3v) is 8.83. The molecule has 0 bridgehead atoms. The minimum absolute atomic E-state index is 0.135. The Bertz CT molecular complexity index is 780. The average Bonchev–Trinajstić information content (AvgIpc) is 3.19. The highest BCUT2D eigenvalue weighted by Gasteiger charge is 2.47. The van der Waals surface area contributed by atoms with Crippen molar-refractivity contribution in [2.75, 3.05) is 44.2 Å². The lowest BCUT2D eigenvalue weighted by Gasteiger charge is -2.40. The predicted molar refractivity (Wildman–Crippen MR) is 104 cm³/mol. The topological polar surface area (TPSA) is 73.8 Å². The van der Waals surface area contributed by atoms with Crippen LogP contribution in [0.4, 0.5) is 5.69 Å². The Kier molecular flexibility index (Phi) is 4.88. The van der Waals surface area contributed by atoms with Crippen molar-refractivity contribution >= 4 is 21.6 Å². The zero-order valence-electron chi connectivity index (χ0n) is 16.0. The van der Waals surface area contributed by atoms with Gasteiger partial charge in [0, 0.05) is 69.2 Å². The first-order chi connectivity index (χ1) is 12.9. The second-order valence-corrected chi connectivity index (χ2v) is 10.5. The van der Waals surface area contributed by atoms with E-state index in [1.54, 1.807) is 6.92 Å². The SMILES string of the molecule is CCC(C)S(=O)(=O)N1CC(C(=O)N2CC3CN(c4ccncc4)CC3C2)C1. The fourth-order valence-electron chi connectivity index (χ4n) is 4.46. The van der Waals surface area contributed by atoms with Crippen LogP contribution >= 0.6 is 0 Å². The second-order valence-electron chi connectivity index (χ2n) is 8.15. The van der Waals surface area contributed by atoms with Crippen molar-refractivity contribution < 1.29 is 13.2 Å². The Hall–Kier alpha value is -1.67. The number of anilines is 1. The van der Waals surface area contributed by atoms with Crippen molar-refractivity contribution in [1.29, 1.82) is 0 Å². The quantitative estimate of drug-likeness (QED) is 0.748. The molecule has 3 aliphatic heterocycles. The molecular formula is C19H28N4O3S. The van der Waals surface area contributed by atoms with Crippen LogP contribution < -0.4 is 4.90 Å². The number of pyridine rings is 1. The largest absolute Gasteiger partial charge is 0.371 e. The molecule has 3 fully saturated rings. The third-order valence-electron chi connectivity index (χ3n) is 6.47. The molecule has 0 radical (unpaired) electrons. The van der Waals surface area contributed by atoms with E-state index in [4.69, 9.17) is 0 Å². The number of hydrogen-bond acceptors (Lipinski definition) is 5. The number of hydrogen-bond donors (Lipinski definition) is 0. The van der Waals surface area contributed by atoms with Crippen molar-refractivity contribution in [3.05, 3.63) is 24.5 Å². The summed E-state index contributed by atoms with van der Waals surface area (Å²) in [5, 5.41) is -0.376. The Balaban J connectivity index is 1.30. The minimum Gasteiger partial charge on any atom is -0.371 e. The highest BCUT2D eigenvalue weighted by atomic mass is 32.2. The molecule has 3 aliphatic rings. The summed E-state index contributed by atoms with van der Waals surface area (Å²) in [6, 6.07) is 4.06. The summed E-state index contributed by atoms with van der Waals surface area (Å²) >= 11 is 0. The van der Waals surface area contributed by atoms with Crippen molar-refractivity contribution in [2.24, 2.45) is 17.8 Å². The molecule has 0 saturated carbocycles. The highest BCUT2D eigenvalue weighted by Crippen LogP contribution is 2.35. The first kappa shape index (κ1) is 18.7. The fourth-order valence-corrected chi connectivity index (χ4v) is 6.17. The summed E-state index contributed by atoms with van der Waals surface area (Å²) in [5.41, 5.74) is 1.20. The second kappa shape index (κ2) is 7.05. The minimum atomic E-state index is -3.24. The summed E-state index contributed by atoms with van der Waals surface area (Å²) in [5.74, 6) is 0.971. The zero-order valence-corrected chi connectivity index (χ0v) is 16.8. The molecule has 27 heavy (non-hydrogen) atoms. The van der Waals surface area contributed by atoms with E-state index in [1.165, 1.54) is 9.99 Å². The van der Waals surface area contributed by atoms with Gasteiger partial charge in [-0.25, -0.2) is 8.42 Å². The number of aromatic nitrogens is 1. The van der Waals surface area contributed by atoms with Crippen molar-refractivity contribution in [2.45, 2.75) is 25.5 Å². The normalized spacial score (nSPS) is 27.5. The molecule has 4 rings (SSSR count). The highest BCUT2D eigenvalue weighted by molar-refractivity contribution is 7.89.